The molecule has 0 aliphatic carbocycles. The van der Waals surface area contributed by atoms with Crippen molar-refractivity contribution in [1.82, 2.24) is 15.1 Å². The average molecular weight is 464 g/mol. The van der Waals surface area contributed by atoms with Crippen molar-refractivity contribution in [2.45, 2.75) is 46.1 Å². The zero-order valence-corrected chi connectivity index (χ0v) is 20.4. The highest BCUT2D eigenvalue weighted by atomic mass is 16.5. The lowest BCUT2D eigenvalue weighted by atomic mass is 9.94. The molecule has 7 heteroatoms. The summed E-state index contributed by atoms with van der Waals surface area (Å²) in [6.45, 7) is 7.79. The molecule has 180 valence electrons. The number of H-pyrrole nitrogens is 1. The smallest absolute Gasteiger partial charge is 0.273 e. The lowest BCUT2D eigenvalue weighted by Crippen LogP contribution is -2.31. The quantitative estimate of drug-likeness (QED) is 0.406. The molecule has 0 radical (unpaired) electrons. The molecule has 2 N–H and O–H groups in total. The largest absolute Gasteiger partial charge is 0.507 e. The highest BCUT2D eigenvalue weighted by molar-refractivity contribution is 6.00. The first-order valence-corrected chi connectivity index (χ1v) is 11.9. The van der Waals surface area contributed by atoms with E-state index in [1.54, 1.807) is 7.11 Å². The number of phenolic OH excluding ortho intramolecular Hbond substituents is 1. The fourth-order valence-corrected chi connectivity index (χ4v) is 4.58. The van der Waals surface area contributed by atoms with Gasteiger partial charge in [-0.3, -0.25) is 9.89 Å². The second kappa shape index (κ2) is 10.3. The van der Waals surface area contributed by atoms with Gasteiger partial charge >= 0.3 is 0 Å². The molecule has 7 nitrogen and oxygen atoms in total. The van der Waals surface area contributed by atoms with Gasteiger partial charge in [0.1, 0.15) is 22.9 Å². The summed E-state index contributed by atoms with van der Waals surface area (Å²) >= 11 is 0. The van der Waals surface area contributed by atoms with Crippen LogP contribution < -0.4 is 4.74 Å². The van der Waals surface area contributed by atoms with E-state index < -0.39 is 0 Å². The van der Waals surface area contributed by atoms with E-state index in [1.165, 1.54) is 0 Å². The van der Waals surface area contributed by atoms with Crippen LogP contribution in [0.3, 0.4) is 0 Å². The number of benzene rings is 2. The molecular weight excluding hydrogens is 430 g/mol. The third kappa shape index (κ3) is 4.53. The van der Waals surface area contributed by atoms with Gasteiger partial charge in [-0.15, -0.1) is 0 Å². The van der Waals surface area contributed by atoms with Crippen molar-refractivity contribution in [3.05, 3.63) is 64.3 Å². The molecule has 1 aromatic heterocycles. The van der Waals surface area contributed by atoms with Crippen LogP contribution in [-0.2, 0) is 4.74 Å². The molecule has 2 heterocycles. The first-order valence-electron chi connectivity index (χ1n) is 11.9. The van der Waals surface area contributed by atoms with Crippen LogP contribution in [0.15, 0.2) is 36.4 Å². The second-order valence-electron chi connectivity index (χ2n) is 8.86. The van der Waals surface area contributed by atoms with Crippen molar-refractivity contribution < 1.29 is 19.4 Å². The number of methoxy groups -OCH3 is 1. The Bertz CT molecular complexity index is 1150. The second-order valence-corrected chi connectivity index (χ2v) is 8.86. The molecule has 4 rings (SSSR count). The Morgan fingerprint density at radius 1 is 1.12 bits per heavy atom. The molecule has 34 heavy (non-hydrogen) atoms. The number of rotatable bonds is 10. The fourth-order valence-electron chi connectivity index (χ4n) is 4.58. The van der Waals surface area contributed by atoms with E-state index in [4.69, 9.17) is 9.47 Å². The van der Waals surface area contributed by atoms with Gasteiger partial charge < -0.3 is 19.5 Å². The van der Waals surface area contributed by atoms with E-state index in [0.29, 0.717) is 36.7 Å². The van der Waals surface area contributed by atoms with E-state index in [2.05, 4.69) is 17.1 Å². The number of hydrogen-bond donors (Lipinski definition) is 2. The average Bonchev–Trinajstić information content (AvgIpc) is 3.36. The Morgan fingerprint density at radius 3 is 2.59 bits per heavy atom. The van der Waals surface area contributed by atoms with Crippen LogP contribution >= 0.6 is 0 Å². The standard InChI is InChI=1S/C27H33N3O4/c1-5-6-14-34-20-10-8-19(9-11-20)25-22-23(21-16-17(2)15-18(3)26(21)31)28-29-24(22)27(32)30(25)12-7-13-33-4/h8-11,15-16,25,31H,5-7,12-14H2,1-4H3,(H,28,29). The zero-order chi connectivity index (χ0) is 24.2. The molecule has 1 aliphatic heterocycles. The number of aryl methyl sites for hydroxylation is 2. The van der Waals surface area contributed by atoms with Gasteiger partial charge in [-0.05, 0) is 61.6 Å². The molecule has 1 atom stereocenters. The van der Waals surface area contributed by atoms with Crippen LogP contribution in [0.5, 0.6) is 11.5 Å². The van der Waals surface area contributed by atoms with Crippen molar-refractivity contribution in [2.24, 2.45) is 0 Å². The number of nitrogens with one attached hydrogen (secondary N) is 1. The molecule has 0 saturated heterocycles. The summed E-state index contributed by atoms with van der Waals surface area (Å²) in [4.78, 5) is 15.3. The maximum atomic E-state index is 13.4. The summed E-state index contributed by atoms with van der Waals surface area (Å²) in [5.74, 6) is 0.901. The van der Waals surface area contributed by atoms with Crippen LogP contribution in [0.4, 0.5) is 0 Å². The molecule has 1 aliphatic rings. The van der Waals surface area contributed by atoms with Crippen molar-refractivity contribution in [3.8, 4) is 22.8 Å². The number of amides is 1. The summed E-state index contributed by atoms with van der Waals surface area (Å²) in [5.41, 5.74) is 5.27. The third-order valence-corrected chi connectivity index (χ3v) is 6.27. The van der Waals surface area contributed by atoms with E-state index >= 15 is 0 Å². The number of phenols is 1. The van der Waals surface area contributed by atoms with Crippen molar-refractivity contribution >= 4 is 5.91 Å². The maximum absolute atomic E-state index is 13.4. The van der Waals surface area contributed by atoms with Crippen LogP contribution in [0, 0.1) is 13.8 Å². The molecule has 1 unspecified atom stereocenters. The van der Waals surface area contributed by atoms with Crippen molar-refractivity contribution in [1.29, 1.82) is 0 Å². The molecule has 0 spiro atoms. The number of ether oxygens (including phenoxy) is 2. The van der Waals surface area contributed by atoms with E-state index in [9.17, 15) is 9.90 Å². The number of nitrogens with zero attached hydrogens (tertiary/aromatic N) is 2. The Morgan fingerprint density at radius 2 is 1.88 bits per heavy atom. The minimum Gasteiger partial charge on any atom is -0.507 e. The predicted octanol–water partition coefficient (Wildman–Crippen LogP) is 5.16. The number of carbonyl (C=O) groups excluding carboxylic acids is 1. The summed E-state index contributed by atoms with van der Waals surface area (Å²) in [6, 6.07) is 11.5. The number of carbonyl (C=O) groups is 1. The van der Waals surface area contributed by atoms with Crippen LogP contribution in [0.1, 0.15) is 65.0 Å². The number of aromatic nitrogens is 2. The number of hydrogen-bond acceptors (Lipinski definition) is 5. The molecule has 0 saturated carbocycles. The molecule has 2 aromatic carbocycles. The SMILES string of the molecule is CCCCOc1ccc(C2c3c(-c4cc(C)cc(C)c4O)n[nH]c3C(=O)N2CCCOC)cc1. The van der Waals surface area contributed by atoms with Gasteiger partial charge in [0.2, 0.25) is 0 Å². The first-order chi connectivity index (χ1) is 16.5. The van der Waals surface area contributed by atoms with Gasteiger partial charge in [0.25, 0.3) is 5.91 Å². The lowest BCUT2D eigenvalue weighted by Gasteiger charge is -2.26. The molecular formula is C27H33N3O4. The zero-order valence-electron chi connectivity index (χ0n) is 20.4. The number of unbranched alkanes of at least 4 members (excludes halogenated alkanes) is 1. The molecule has 1 amide bonds. The minimum atomic E-state index is -0.321. The number of aromatic hydroxyl groups is 1. The number of aromatic amines is 1. The van der Waals surface area contributed by atoms with Crippen molar-refractivity contribution in [3.63, 3.8) is 0 Å². The Kier molecular flexibility index (Phi) is 7.22. The summed E-state index contributed by atoms with van der Waals surface area (Å²) in [5, 5.41) is 18.3. The first kappa shape index (κ1) is 23.8. The van der Waals surface area contributed by atoms with Gasteiger partial charge in [0, 0.05) is 31.4 Å². The van der Waals surface area contributed by atoms with Gasteiger partial charge in [-0.2, -0.15) is 5.10 Å². The Labute approximate surface area is 200 Å². The van der Waals surface area contributed by atoms with Gasteiger partial charge in [0.15, 0.2) is 0 Å². The van der Waals surface area contributed by atoms with E-state index in [1.807, 2.05) is 55.1 Å². The summed E-state index contributed by atoms with van der Waals surface area (Å²) < 4.78 is 11.1. The highest BCUT2D eigenvalue weighted by Crippen LogP contribution is 2.45. The predicted molar refractivity (Wildman–Crippen MR) is 131 cm³/mol. The monoisotopic (exact) mass is 463 g/mol. The summed E-state index contributed by atoms with van der Waals surface area (Å²) in [7, 11) is 1.66. The van der Waals surface area contributed by atoms with E-state index in [-0.39, 0.29) is 17.7 Å². The Balaban J connectivity index is 1.76. The van der Waals surface area contributed by atoms with Crippen LogP contribution in [-0.4, -0.2) is 53.0 Å². The lowest BCUT2D eigenvalue weighted by molar-refractivity contribution is 0.0723. The van der Waals surface area contributed by atoms with Gasteiger partial charge in [-0.25, -0.2) is 0 Å². The maximum Gasteiger partial charge on any atom is 0.273 e. The topological polar surface area (TPSA) is 87.7 Å². The third-order valence-electron chi connectivity index (χ3n) is 6.27. The fraction of sp³-hybridized carbons (Fsp3) is 0.407. The molecule has 3 aromatic rings. The summed E-state index contributed by atoms with van der Waals surface area (Å²) in [6.07, 6.45) is 2.81. The van der Waals surface area contributed by atoms with E-state index in [0.717, 1.165) is 47.3 Å². The molecule has 0 bridgehead atoms. The normalized spacial score (nSPS) is 15.1. The van der Waals surface area contributed by atoms with Gasteiger partial charge in [0.05, 0.1) is 12.6 Å². The number of fused-ring (bicyclic) bond motifs is 1. The van der Waals surface area contributed by atoms with Crippen LogP contribution in [0.2, 0.25) is 0 Å². The minimum absolute atomic E-state index is 0.0954. The Hall–Kier alpha value is -3.32. The van der Waals surface area contributed by atoms with Crippen molar-refractivity contribution in [2.75, 3.05) is 26.9 Å². The van der Waals surface area contributed by atoms with Gasteiger partial charge in [-0.1, -0.05) is 31.5 Å². The van der Waals surface area contributed by atoms with Crippen LogP contribution in [0.25, 0.3) is 11.3 Å². The highest BCUT2D eigenvalue weighted by Gasteiger charge is 2.42. The molecule has 0 fully saturated rings.